The molecule has 0 heterocycles. The molecular weight excluding hydrogens is 210 g/mol. The monoisotopic (exact) mass is 221 g/mol. The van der Waals surface area contributed by atoms with E-state index in [1.54, 1.807) is 24.3 Å². The van der Waals surface area contributed by atoms with E-state index in [1.165, 1.54) is 0 Å². The van der Waals surface area contributed by atoms with Crippen LogP contribution in [0.2, 0.25) is 0 Å². The van der Waals surface area contributed by atoms with E-state index >= 15 is 0 Å². The van der Waals surface area contributed by atoms with E-state index in [0.29, 0.717) is 11.3 Å². The minimum Gasteiger partial charge on any atom is -0.491 e. The first-order valence-electron chi connectivity index (χ1n) is 4.64. The molecule has 0 spiro atoms. The summed E-state index contributed by atoms with van der Waals surface area (Å²) in [5.74, 6) is -0.584. The molecule has 0 radical (unpaired) electrons. The third-order valence-electron chi connectivity index (χ3n) is 1.84. The molecule has 0 saturated carbocycles. The highest BCUT2D eigenvalue weighted by atomic mass is 16.5. The number of hydrogen-bond donors (Lipinski definition) is 2. The fourth-order valence-corrected chi connectivity index (χ4v) is 1.08. The van der Waals surface area contributed by atoms with Gasteiger partial charge in [0.25, 0.3) is 0 Å². The van der Waals surface area contributed by atoms with Crippen LogP contribution < -0.4 is 4.74 Å². The fourth-order valence-electron chi connectivity index (χ4n) is 1.08. The topological polar surface area (TPSA) is 90.5 Å². The van der Waals surface area contributed by atoms with E-state index in [2.05, 4.69) is 0 Å². The maximum absolute atomic E-state index is 10.3. The Kier molecular flexibility index (Phi) is 4.30. The second kappa shape index (κ2) is 5.73. The molecule has 0 saturated heterocycles. The number of hydrogen-bond acceptors (Lipinski definition) is 4. The minimum absolute atomic E-state index is 0.0851. The van der Waals surface area contributed by atoms with Crippen molar-refractivity contribution in [3.05, 3.63) is 29.8 Å². The number of ether oxygens (including phenoxy) is 1. The number of benzene rings is 1. The van der Waals surface area contributed by atoms with Crippen molar-refractivity contribution in [1.29, 1.82) is 5.26 Å². The maximum Gasteiger partial charge on any atom is 0.306 e. The van der Waals surface area contributed by atoms with Crippen molar-refractivity contribution in [2.24, 2.45) is 0 Å². The van der Waals surface area contributed by atoms with Gasteiger partial charge in [0.2, 0.25) is 0 Å². The van der Waals surface area contributed by atoms with Crippen LogP contribution in [0.3, 0.4) is 0 Å². The Hall–Kier alpha value is -2.06. The Labute approximate surface area is 92.5 Å². The molecule has 1 unspecified atom stereocenters. The molecule has 0 aliphatic carbocycles. The molecule has 5 heteroatoms. The van der Waals surface area contributed by atoms with Crippen molar-refractivity contribution < 1.29 is 19.7 Å². The van der Waals surface area contributed by atoms with Crippen LogP contribution in [0.15, 0.2) is 24.3 Å². The van der Waals surface area contributed by atoms with Gasteiger partial charge in [0.15, 0.2) is 0 Å². The van der Waals surface area contributed by atoms with Crippen molar-refractivity contribution >= 4 is 5.97 Å². The van der Waals surface area contributed by atoms with Gasteiger partial charge in [-0.3, -0.25) is 4.79 Å². The molecule has 5 nitrogen and oxygen atoms in total. The highest BCUT2D eigenvalue weighted by Crippen LogP contribution is 2.12. The molecule has 1 rings (SSSR count). The lowest BCUT2D eigenvalue weighted by atomic mass is 10.2. The van der Waals surface area contributed by atoms with Crippen molar-refractivity contribution in [2.75, 3.05) is 6.61 Å². The quantitative estimate of drug-likeness (QED) is 0.766. The zero-order chi connectivity index (χ0) is 12.0. The molecule has 0 bridgehead atoms. The van der Waals surface area contributed by atoms with Gasteiger partial charge >= 0.3 is 5.97 Å². The van der Waals surface area contributed by atoms with Crippen LogP contribution in [-0.2, 0) is 4.79 Å². The average molecular weight is 221 g/mol. The van der Waals surface area contributed by atoms with Crippen LogP contribution in [0, 0.1) is 11.3 Å². The van der Waals surface area contributed by atoms with Gasteiger partial charge in [-0.25, -0.2) is 0 Å². The van der Waals surface area contributed by atoms with Crippen molar-refractivity contribution in [3.8, 4) is 11.8 Å². The lowest BCUT2D eigenvalue weighted by molar-refractivity contribution is -0.139. The molecule has 0 amide bonds. The molecular formula is C11H11NO4. The van der Waals surface area contributed by atoms with Gasteiger partial charge in [-0.1, -0.05) is 0 Å². The highest BCUT2D eigenvalue weighted by molar-refractivity contribution is 5.67. The summed E-state index contributed by atoms with van der Waals surface area (Å²) in [5.41, 5.74) is 0.512. The summed E-state index contributed by atoms with van der Waals surface area (Å²) < 4.78 is 5.15. The van der Waals surface area contributed by atoms with Gasteiger partial charge in [-0.15, -0.1) is 0 Å². The number of aliphatic hydroxyl groups excluding tert-OH is 1. The number of aliphatic hydroxyl groups is 1. The summed E-state index contributed by atoms with van der Waals surface area (Å²) in [7, 11) is 0. The second-order valence-electron chi connectivity index (χ2n) is 3.20. The average Bonchev–Trinajstić information content (AvgIpc) is 2.26. The molecule has 84 valence electrons. The predicted molar refractivity (Wildman–Crippen MR) is 54.9 cm³/mol. The first-order chi connectivity index (χ1) is 7.61. The Bertz CT molecular complexity index is 393. The fraction of sp³-hybridized carbons (Fsp3) is 0.273. The lowest BCUT2D eigenvalue weighted by Gasteiger charge is -2.10. The molecule has 1 aromatic rings. The smallest absolute Gasteiger partial charge is 0.306 e. The summed E-state index contributed by atoms with van der Waals surface area (Å²) in [6, 6.07) is 8.31. The molecule has 16 heavy (non-hydrogen) atoms. The summed E-state index contributed by atoms with van der Waals surface area (Å²) in [6.07, 6.45) is -1.39. The van der Waals surface area contributed by atoms with Crippen LogP contribution in [0.4, 0.5) is 0 Å². The number of aliphatic carboxylic acids is 1. The molecule has 0 fully saturated rings. The predicted octanol–water partition coefficient (Wildman–Crippen LogP) is 0.773. The molecule has 0 aliphatic rings. The van der Waals surface area contributed by atoms with E-state index < -0.39 is 12.1 Å². The molecule has 0 aliphatic heterocycles. The minimum atomic E-state index is -1.07. The normalized spacial score (nSPS) is 11.5. The molecule has 0 aromatic heterocycles. The van der Waals surface area contributed by atoms with E-state index in [4.69, 9.17) is 15.1 Å². The van der Waals surface area contributed by atoms with Crippen LogP contribution >= 0.6 is 0 Å². The number of nitrogens with zero attached hydrogens (tertiary/aromatic N) is 1. The SMILES string of the molecule is N#Cc1ccc(OCC(O)CC(=O)O)cc1. The van der Waals surface area contributed by atoms with E-state index in [1.807, 2.05) is 6.07 Å². The van der Waals surface area contributed by atoms with Gasteiger partial charge < -0.3 is 14.9 Å². The summed E-state index contributed by atoms with van der Waals surface area (Å²) in [4.78, 5) is 10.3. The number of carboxylic acids is 1. The van der Waals surface area contributed by atoms with Crippen molar-refractivity contribution in [1.82, 2.24) is 0 Å². The zero-order valence-corrected chi connectivity index (χ0v) is 8.46. The third-order valence-corrected chi connectivity index (χ3v) is 1.84. The molecule has 1 aromatic carbocycles. The molecule has 2 N–H and O–H groups in total. The van der Waals surface area contributed by atoms with Crippen LogP contribution in [0.1, 0.15) is 12.0 Å². The number of carbonyl (C=O) groups is 1. The first-order valence-corrected chi connectivity index (χ1v) is 4.64. The van der Waals surface area contributed by atoms with Gasteiger partial charge in [-0.2, -0.15) is 5.26 Å². The largest absolute Gasteiger partial charge is 0.491 e. The Morgan fingerprint density at radius 1 is 1.44 bits per heavy atom. The standard InChI is InChI=1S/C11H11NO4/c12-6-8-1-3-10(4-2-8)16-7-9(13)5-11(14)15/h1-4,9,13H,5,7H2,(H,14,15). The number of nitriles is 1. The van der Waals surface area contributed by atoms with Crippen LogP contribution in [0.5, 0.6) is 5.75 Å². The summed E-state index contributed by atoms with van der Waals surface area (Å²) in [5, 5.41) is 26.2. The summed E-state index contributed by atoms with van der Waals surface area (Å²) in [6.45, 7) is -0.0851. The number of rotatable bonds is 5. The van der Waals surface area contributed by atoms with Gasteiger partial charge in [0, 0.05) is 0 Å². The highest BCUT2D eigenvalue weighted by Gasteiger charge is 2.09. The van der Waals surface area contributed by atoms with Gasteiger partial charge in [-0.05, 0) is 24.3 Å². The summed E-state index contributed by atoms with van der Waals surface area (Å²) >= 11 is 0. The second-order valence-corrected chi connectivity index (χ2v) is 3.20. The molecule has 1 atom stereocenters. The van der Waals surface area contributed by atoms with Gasteiger partial charge in [0.05, 0.1) is 24.2 Å². The first kappa shape index (κ1) is 12.0. The zero-order valence-electron chi connectivity index (χ0n) is 8.46. The Morgan fingerprint density at radius 3 is 2.56 bits per heavy atom. The Balaban J connectivity index is 2.43. The van der Waals surface area contributed by atoms with E-state index in [0.717, 1.165) is 0 Å². The van der Waals surface area contributed by atoms with E-state index in [-0.39, 0.29) is 13.0 Å². The maximum atomic E-state index is 10.3. The van der Waals surface area contributed by atoms with Crippen LogP contribution in [0.25, 0.3) is 0 Å². The van der Waals surface area contributed by atoms with Crippen molar-refractivity contribution in [2.45, 2.75) is 12.5 Å². The van der Waals surface area contributed by atoms with Gasteiger partial charge in [0.1, 0.15) is 12.4 Å². The van der Waals surface area contributed by atoms with E-state index in [9.17, 15) is 9.90 Å². The van der Waals surface area contributed by atoms with Crippen LogP contribution in [-0.4, -0.2) is 28.9 Å². The Morgan fingerprint density at radius 2 is 2.06 bits per heavy atom. The van der Waals surface area contributed by atoms with Crippen molar-refractivity contribution in [3.63, 3.8) is 0 Å². The third kappa shape index (κ3) is 3.98. The number of carboxylic acid groups (broad SMARTS) is 1. The lowest BCUT2D eigenvalue weighted by Crippen LogP contribution is -2.21.